The van der Waals surface area contributed by atoms with Crippen LogP contribution in [0.1, 0.15) is 20.3 Å². The monoisotopic (exact) mass is 160 g/mol. The van der Waals surface area contributed by atoms with E-state index in [1.165, 1.54) is 0 Å². The number of hydrogen-bond donors (Lipinski definition) is 2. The maximum absolute atomic E-state index is 9.36. The Hall–Kier alpha value is -0.120. The normalized spacial score (nSPS) is 44.7. The number of ether oxygens (including phenoxy) is 1. The number of hydrogen-bond acceptors (Lipinski definition) is 3. The molecular weight excluding hydrogens is 144 g/mol. The molecule has 0 bridgehead atoms. The van der Waals surface area contributed by atoms with Crippen LogP contribution in [0, 0.1) is 5.92 Å². The first kappa shape index (κ1) is 8.97. The molecular formula is C8H16O3. The van der Waals surface area contributed by atoms with Gasteiger partial charge in [0.15, 0.2) is 0 Å². The van der Waals surface area contributed by atoms with Crippen molar-refractivity contribution in [1.82, 2.24) is 0 Å². The molecule has 3 atom stereocenters. The van der Waals surface area contributed by atoms with Gasteiger partial charge in [0.1, 0.15) is 0 Å². The lowest BCUT2D eigenvalue weighted by Gasteiger charge is -2.29. The van der Waals surface area contributed by atoms with Gasteiger partial charge in [0, 0.05) is 5.92 Å². The molecule has 1 aliphatic heterocycles. The van der Waals surface area contributed by atoms with E-state index in [1.54, 1.807) is 0 Å². The molecule has 3 heteroatoms. The number of rotatable bonds is 2. The molecule has 0 amide bonds. The molecule has 0 aromatic heterocycles. The van der Waals surface area contributed by atoms with Crippen LogP contribution in [0.3, 0.4) is 0 Å². The summed E-state index contributed by atoms with van der Waals surface area (Å²) >= 11 is 0. The molecule has 11 heavy (non-hydrogen) atoms. The zero-order valence-corrected chi connectivity index (χ0v) is 7.08. The third-order valence-electron chi connectivity index (χ3n) is 2.81. The molecule has 1 fully saturated rings. The second-order valence-electron chi connectivity index (χ2n) is 3.24. The second-order valence-corrected chi connectivity index (χ2v) is 3.24. The summed E-state index contributed by atoms with van der Waals surface area (Å²) < 4.78 is 5.36. The second kappa shape index (κ2) is 3.09. The van der Waals surface area contributed by atoms with E-state index in [0.717, 1.165) is 6.42 Å². The quantitative estimate of drug-likeness (QED) is 0.604. The average molecular weight is 160 g/mol. The SMILES string of the molecule is CCC1(CO)OCC(O)C1C. The Balaban J connectivity index is 2.69. The predicted molar refractivity (Wildman–Crippen MR) is 41.2 cm³/mol. The van der Waals surface area contributed by atoms with E-state index in [4.69, 9.17) is 9.84 Å². The van der Waals surface area contributed by atoms with Crippen LogP contribution in [0.25, 0.3) is 0 Å². The maximum Gasteiger partial charge on any atom is 0.0961 e. The highest BCUT2D eigenvalue weighted by atomic mass is 16.5. The van der Waals surface area contributed by atoms with Gasteiger partial charge in [-0.2, -0.15) is 0 Å². The Labute approximate surface area is 67.0 Å². The van der Waals surface area contributed by atoms with Gasteiger partial charge < -0.3 is 14.9 Å². The van der Waals surface area contributed by atoms with Gasteiger partial charge in [-0.3, -0.25) is 0 Å². The van der Waals surface area contributed by atoms with E-state index in [1.807, 2.05) is 13.8 Å². The summed E-state index contributed by atoms with van der Waals surface area (Å²) in [6.45, 7) is 4.24. The molecule has 3 nitrogen and oxygen atoms in total. The molecule has 0 aromatic carbocycles. The van der Waals surface area contributed by atoms with Gasteiger partial charge >= 0.3 is 0 Å². The lowest BCUT2D eigenvalue weighted by Crippen LogP contribution is -2.39. The van der Waals surface area contributed by atoms with Crippen LogP contribution in [0.2, 0.25) is 0 Å². The number of aliphatic hydroxyl groups is 2. The van der Waals surface area contributed by atoms with Gasteiger partial charge in [-0.05, 0) is 6.42 Å². The molecule has 0 aromatic rings. The van der Waals surface area contributed by atoms with E-state index >= 15 is 0 Å². The first-order valence-electron chi connectivity index (χ1n) is 4.09. The maximum atomic E-state index is 9.36. The Kier molecular flexibility index (Phi) is 2.52. The highest BCUT2D eigenvalue weighted by molar-refractivity contribution is 4.93. The highest BCUT2D eigenvalue weighted by Gasteiger charge is 2.44. The van der Waals surface area contributed by atoms with Crippen LogP contribution >= 0.6 is 0 Å². The van der Waals surface area contributed by atoms with Crippen LogP contribution in [-0.4, -0.2) is 35.1 Å². The van der Waals surface area contributed by atoms with Crippen molar-refractivity contribution < 1.29 is 14.9 Å². The minimum atomic E-state index is -0.487. The molecule has 1 heterocycles. The molecule has 2 N–H and O–H groups in total. The van der Waals surface area contributed by atoms with Crippen LogP contribution in [-0.2, 0) is 4.74 Å². The van der Waals surface area contributed by atoms with Crippen molar-refractivity contribution in [3.05, 3.63) is 0 Å². The van der Waals surface area contributed by atoms with E-state index < -0.39 is 11.7 Å². The Morgan fingerprint density at radius 2 is 2.27 bits per heavy atom. The molecule has 0 radical (unpaired) electrons. The van der Waals surface area contributed by atoms with Crippen molar-refractivity contribution in [3.8, 4) is 0 Å². The summed E-state index contributed by atoms with van der Waals surface area (Å²) in [6.07, 6.45) is 0.337. The molecule has 0 spiro atoms. The molecule has 1 rings (SSSR count). The molecule has 66 valence electrons. The molecule has 0 saturated carbocycles. The fraction of sp³-hybridized carbons (Fsp3) is 1.00. The molecule has 1 saturated heterocycles. The van der Waals surface area contributed by atoms with Gasteiger partial charge in [0.05, 0.1) is 24.9 Å². The lowest BCUT2D eigenvalue weighted by molar-refractivity contribution is -0.0608. The van der Waals surface area contributed by atoms with Gasteiger partial charge in [0.2, 0.25) is 0 Å². The summed E-state index contributed by atoms with van der Waals surface area (Å²) in [4.78, 5) is 0. The zero-order chi connectivity index (χ0) is 8.48. The largest absolute Gasteiger partial charge is 0.393 e. The molecule has 1 aliphatic rings. The van der Waals surface area contributed by atoms with Crippen molar-refractivity contribution >= 4 is 0 Å². The molecule has 3 unspecified atom stereocenters. The van der Waals surface area contributed by atoms with Crippen molar-refractivity contribution in [1.29, 1.82) is 0 Å². The van der Waals surface area contributed by atoms with Gasteiger partial charge in [-0.1, -0.05) is 13.8 Å². The van der Waals surface area contributed by atoms with Crippen LogP contribution in [0.4, 0.5) is 0 Å². The standard InChI is InChI=1S/C8H16O3/c1-3-8(5-9)6(2)7(10)4-11-8/h6-7,9-10H,3-5H2,1-2H3. The van der Waals surface area contributed by atoms with Crippen LogP contribution in [0.15, 0.2) is 0 Å². The Morgan fingerprint density at radius 1 is 1.64 bits per heavy atom. The third kappa shape index (κ3) is 1.28. The van der Waals surface area contributed by atoms with Gasteiger partial charge in [-0.25, -0.2) is 0 Å². The predicted octanol–water partition coefficient (Wildman–Crippen LogP) is 0.155. The minimum Gasteiger partial charge on any atom is -0.393 e. The topological polar surface area (TPSA) is 49.7 Å². The van der Waals surface area contributed by atoms with Crippen molar-refractivity contribution in [2.75, 3.05) is 13.2 Å². The smallest absolute Gasteiger partial charge is 0.0961 e. The van der Waals surface area contributed by atoms with Crippen molar-refractivity contribution in [2.45, 2.75) is 32.0 Å². The molecule has 0 aliphatic carbocycles. The first-order valence-corrected chi connectivity index (χ1v) is 4.09. The lowest BCUT2D eigenvalue weighted by atomic mass is 9.86. The fourth-order valence-corrected chi connectivity index (χ4v) is 1.60. The van der Waals surface area contributed by atoms with Crippen molar-refractivity contribution in [2.24, 2.45) is 5.92 Å². The van der Waals surface area contributed by atoms with Crippen LogP contribution < -0.4 is 0 Å². The summed E-state index contributed by atoms with van der Waals surface area (Å²) in [7, 11) is 0. The summed E-state index contributed by atoms with van der Waals surface area (Å²) in [5.74, 6) is 0.0394. The van der Waals surface area contributed by atoms with E-state index in [2.05, 4.69) is 0 Å². The summed E-state index contributed by atoms with van der Waals surface area (Å²) in [5, 5.41) is 18.4. The van der Waals surface area contributed by atoms with Gasteiger partial charge in [-0.15, -0.1) is 0 Å². The minimum absolute atomic E-state index is 0.00171. The average Bonchev–Trinajstić information content (AvgIpc) is 2.32. The van der Waals surface area contributed by atoms with Gasteiger partial charge in [0.25, 0.3) is 0 Å². The summed E-state index contributed by atoms with van der Waals surface area (Å²) in [5.41, 5.74) is -0.487. The third-order valence-corrected chi connectivity index (χ3v) is 2.81. The van der Waals surface area contributed by atoms with E-state index in [0.29, 0.717) is 6.61 Å². The van der Waals surface area contributed by atoms with Crippen LogP contribution in [0.5, 0.6) is 0 Å². The highest BCUT2D eigenvalue weighted by Crippen LogP contribution is 2.34. The van der Waals surface area contributed by atoms with Crippen molar-refractivity contribution in [3.63, 3.8) is 0 Å². The van der Waals surface area contributed by atoms with E-state index in [-0.39, 0.29) is 12.5 Å². The Morgan fingerprint density at radius 3 is 2.45 bits per heavy atom. The zero-order valence-electron chi connectivity index (χ0n) is 7.08. The number of aliphatic hydroxyl groups excluding tert-OH is 2. The first-order chi connectivity index (χ1) is 5.16. The summed E-state index contributed by atoms with van der Waals surface area (Å²) in [6, 6.07) is 0. The van der Waals surface area contributed by atoms with E-state index in [9.17, 15) is 5.11 Å². The fourth-order valence-electron chi connectivity index (χ4n) is 1.60. The Bertz CT molecular complexity index is 131.